The van der Waals surface area contributed by atoms with E-state index >= 15 is 0 Å². The van der Waals surface area contributed by atoms with Crippen LogP contribution in [0.5, 0.6) is 0 Å². The number of carbonyl (C=O) groups excluding carboxylic acids is 2. The molecule has 0 saturated heterocycles. The number of nitrogens with one attached hydrogen (secondary N) is 2. The Labute approximate surface area is 184 Å². The molecule has 0 spiro atoms. The van der Waals surface area contributed by atoms with Gasteiger partial charge in [-0.25, -0.2) is 0 Å². The zero-order valence-corrected chi connectivity index (χ0v) is 18.2. The maximum atomic E-state index is 12.5. The SMILES string of the molecule is Cc1nnc(NC(=O)CSc2nnc(NC(=O)Cc3cccc4ccccc34)s2)s1. The maximum absolute atomic E-state index is 12.5. The highest BCUT2D eigenvalue weighted by Crippen LogP contribution is 2.26. The quantitative estimate of drug-likeness (QED) is 0.322. The number of carbonyl (C=O) groups is 2. The Morgan fingerprint density at radius 2 is 1.63 bits per heavy atom. The summed E-state index contributed by atoms with van der Waals surface area (Å²) in [5, 5.41) is 25.0. The molecule has 8 nitrogen and oxygen atoms in total. The minimum absolute atomic E-state index is 0.163. The van der Waals surface area contributed by atoms with Crippen LogP contribution in [0.4, 0.5) is 10.3 Å². The van der Waals surface area contributed by atoms with Crippen LogP contribution in [-0.2, 0) is 16.0 Å². The third kappa shape index (κ3) is 5.17. The third-order valence-electron chi connectivity index (χ3n) is 3.98. The largest absolute Gasteiger partial charge is 0.300 e. The number of anilines is 2. The Morgan fingerprint density at radius 1 is 0.900 bits per heavy atom. The molecule has 11 heteroatoms. The zero-order valence-electron chi connectivity index (χ0n) is 15.8. The molecule has 0 radical (unpaired) electrons. The van der Waals surface area contributed by atoms with E-state index in [1.54, 1.807) is 0 Å². The van der Waals surface area contributed by atoms with Crippen LogP contribution in [0.15, 0.2) is 46.8 Å². The first-order valence-electron chi connectivity index (χ1n) is 8.89. The molecule has 2 aromatic carbocycles. The van der Waals surface area contributed by atoms with Crippen molar-refractivity contribution in [1.29, 1.82) is 0 Å². The Bertz CT molecular complexity index is 1200. The lowest BCUT2D eigenvalue weighted by Gasteiger charge is -2.06. The molecule has 0 bridgehead atoms. The summed E-state index contributed by atoms with van der Waals surface area (Å²) in [7, 11) is 0. The van der Waals surface area contributed by atoms with Crippen LogP contribution < -0.4 is 10.6 Å². The van der Waals surface area contributed by atoms with Crippen molar-refractivity contribution < 1.29 is 9.59 Å². The van der Waals surface area contributed by atoms with Crippen LogP contribution >= 0.6 is 34.4 Å². The molecule has 0 aliphatic carbocycles. The lowest BCUT2D eigenvalue weighted by molar-refractivity contribution is -0.115. The van der Waals surface area contributed by atoms with E-state index in [2.05, 4.69) is 31.0 Å². The molecule has 2 aromatic heterocycles. The summed E-state index contributed by atoms with van der Waals surface area (Å²) in [4.78, 5) is 24.4. The Balaban J connectivity index is 1.30. The molecule has 0 unspecified atom stereocenters. The predicted octanol–water partition coefficient (Wildman–Crippen LogP) is 3.76. The van der Waals surface area contributed by atoms with E-state index in [0.717, 1.165) is 21.3 Å². The topological polar surface area (TPSA) is 110 Å². The highest BCUT2D eigenvalue weighted by Gasteiger charge is 2.13. The van der Waals surface area contributed by atoms with E-state index in [0.29, 0.717) is 14.6 Å². The van der Waals surface area contributed by atoms with Crippen LogP contribution in [0.1, 0.15) is 10.6 Å². The van der Waals surface area contributed by atoms with Crippen molar-refractivity contribution in [3.8, 4) is 0 Å². The zero-order chi connectivity index (χ0) is 20.9. The van der Waals surface area contributed by atoms with Gasteiger partial charge in [0.2, 0.25) is 22.1 Å². The van der Waals surface area contributed by atoms with Gasteiger partial charge in [-0.15, -0.1) is 20.4 Å². The Kier molecular flexibility index (Phi) is 6.31. The minimum Gasteiger partial charge on any atom is -0.300 e. The summed E-state index contributed by atoms with van der Waals surface area (Å²) in [5.74, 6) is -0.201. The minimum atomic E-state index is -0.201. The van der Waals surface area contributed by atoms with Gasteiger partial charge >= 0.3 is 0 Å². The van der Waals surface area contributed by atoms with Gasteiger partial charge in [0.1, 0.15) is 5.01 Å². The highest BCUT2D eigenvalue weighted by molar-refractivity contribution is 8.01. The molecule has 2 heterocycles. The normalized spacial score (nSPS) is 10.8. The van der Waals surface area contributed by atoms with Crippen molar-refractivity contribution in [3.05, 3.63) is 53.0 Å². The van der Waals surface area contributed by atoms with Crippen LogP contribution in [0, 0.1) is 6.92 Å². The second kappa shape index (κ2) is 9.28. The Morgan fingerprint density at radius 3 is 2.47 bits per heavy atom. The van der Waals surface area contributed by atoms with Gasteiger partial charge < -0.3 is 5.32 Å². The molecule has 4 rings (SSSR count). The first kappa shape index (κ1) is 20.4. The monoisotopic (exact) mass is 456 g/mol. The molecule has 152 valence electrons. The van der Waals surface area contributed by atoms with Crippen LogP contribution in [0.25, 0.3) is 10.8 Å². The molecule has 30 heavy (non-hydrogen) atoms. The van der Waals surface area contributed by atoms with E-state index < -0.39 is 0 Å². The number of benzene rings is 2. The number of amides is 2. The smallest absolute Gasteiger partial charge is 0.236 e. The molecule has 2 amide bonds. The average molecular weight is 457 g/mol. The molecule has 4 aromatic rings. The number of rotatable bonds is 7. The standard InChI is InChI=1S/C19H16N6O2S3/c1-11-22-23-17(29-11)21-16(27)10-28-19-25-24-18(30-19)20-15(26)9-13-7-4-6-12-5-2-3-8-14(12)13/h2-8H,9-10H2,1H3,(H,20,24,26)(H,21,23,27). The van der Waals surface area contributed by atoms with Crippen molar-refractivity contribution >= 4 is 67.3 Å². The van der Waals surface area contributed by atoms with E-state index in [4.69, 9.17) is 0 Å². The summed E-state index contributed by atoms with van der Waals surface area (Å²) in [6.45, 7) is 1.82. The van der Waals surface area contributed by atoms with Crippen LogP contribution in [-0.4, -0.2) is 38.0 Å². The summed E-state index contributed by atoms with van der Waals surface area (Å²) < 4.78 is 0.596. The average Bonchev–Trinajstić information content (AvgIpc) is 3.35. The van der Waals surface area contributed by atoms with Crippen molar-refractivity contribution in [2.24, 2.45) is 0 Å². The second-order valence-corrected chi connectivity index (χ2v) is 9.58. The number of hydrogen-bond donors (Lipinski definition) is 2. The number of nitrogens with zero attached hydrogens (tertiary/aromatic N) is 4. The summed E-state index contributed by atoms with van der Waals surface area (Å²) in [5.41, 5.74) is 0.952. The Hall–Kier alpha value is -2.89. The van der Waals surface area contributed by atoms with E-state index in [9.17, 15) is 9.59 Å². The first-order chi connectivity index (χ1) is 14.6. The van der Waals surface area contributed by atoms with Crippen LogP contribution in [0.2, 0.25) is 0 Å². The molecular formula is C19H16N6O2S3. The molecule has 2 N–H and O–H groups in total. The maximum Gasteiger partial charge on any atom is 0.236 e. The number of aromatic nitrogens is 4. The number of aryl methyl sites for hydroxylation is 1. The van der Waals surface area contributed by atoms with Gasteiger partial charge in [-0.3, -0.25) is 14.9 Å². The number of fused-ring (bicyclic) bond motifs is 1. The van der Waals surface area contributed by atoms with Gasteiger partial charge in [-0.2, -0.15) is 0 Å². The third-order valence-corrected chi connectivity index (χ3v) is 6.71. The van der Waals surface area contributed by atoms with Crippen molar-refractivity contribution in [1.82, 2.24) is 20.4 Å². The van der Waals surface area contributed by atoms with E-state index in [1.165, 1.54) is 34.4 Å². The highest BCUT2D eigenvalue weighted by atomic mass is 32.2. The molecular weight excluding hydrogens is 440 g/mol. The summed E-state index contributed by atoms with van der Waals surface area (Å²) in [6, 6.07) is 13.9. The van der Waals surface area contributed by atoms with Crippen molar-refractivity contribution in [2.75, 3.05) is 16.4 Å². The van der Waals surface area contributed by atoms with E-state index in [1.807, 2.05) is 49.4 Å². The summed E-state index contributed by atoms with van der Waals surface area (Å²) in [6.07, 6.45) is 0.243. The van der Waals surface area contributed by atoms with Gasteiger partial charge in [0.05, 0.1) is 12.2 Å². The molecule has 0 saturated carbocycles. The fourth-order valence-corrected chi connectivity index (χ4v) is 4.91. The lowest BCUT2D eigenvalue weighted by Crippen LogP contribution is -2.14. The van der Waals surface area contributed by atoms with E-state index in [-0.39, 0.29) is 24.0 Å². The molecule has 0 aliphatic rings. The van der Waals surface area contributed by atoms with Gasteiger partial charge in [-0.1, -0.05) is 76.9 Å². The lowest BCUT2D eigenvalue weighted by atomic mass is 10.0. The molecule has 0 aliphatic heterocycles. The predicted molar refractivity (Wildman–Crippen MR) is 120 cm³/mol. The molecule has 0 atom stereocenters. The molecule has 0 fully saturated rings. The van der Waals surface area contributed by atoms with Gasteiger partial charge in [0.15, 0.2) is 4.34 Å². The van der Waals surface area contributed by atoms with Crippen LogP contribution in [0.3, 0.4) is 0 Å². The second-order valence-electron chi connectivity index (χ2n) is 6.20. The van der Waals surface area contributed by atoms with Gasteiger partial charge in [0, 0.05) is 0 Å². The fourth-order valence-electron chi connectivity index (χ4n) is 2.73. The first-order valence-corrected chi connectivity index (χ1v) is 11.5. The fraction of sp³-hybridized carbons (Fsp3) is 0.158. The van der Waals surface area contributed by atoms with Gasteiger partial charge in [-0.05, 0) is 23.3 Å². The summed E-state index contributed by atoms with van der Waals surface area (Å²) >= 11 is 3.79. The van der Waals surface area contributed by atoms with Crippen molar-refractivity contribution in [2.45, 2.75) is 17.7 Å². The number of hydrogen-bond acceptors (Lipinski definition) is 9. The van der Waals surface area contributed by atoms with Crippen molar-refractivity contribution in [3.63, 3.8) is 0 Å². The number of thioether (sulfide) groups is 1. The van der Waals surface area contributed by atoms with Gasteiger partial charge in [0.25, 0.3) is 0 Å².